The van der Waals surface area contributed by atoms with Crippen LogP contribution in [-0.4, -0.2) is 265 Å². The van der Waals surface area contributed by atoms with E-state index < -0.39 is 28.4 Å². The van der Waals surface area contributed by atoms with Crippen molar-refractivity contribution in [1.29, 1.82) is 0 Å². The number of nitrogens with zero attached hydrogens (tertiary/aromatic N) is 9. The molecule has 7 rings (SSSR count). The van der Waals surface area contributed by atoms with Crippen molar-refractivity contribution in [3.8, 4) is 22.5 Å². The van der Waals surface area contributed by atoms with E-state index >= 15 is 4.39 Å². The molecule has 480 valence electrons. The summed E-state index contributed by atoms with van der Waals surface area (Å²) in [7, 11) is 0. The van der Waals surface area contributed by atoms with Gasteiger partial charge in [-0.1, -0.05) is 19.1 Å². The summed E-state index contributed by atoms with van der Waals surface area (Å²) in [6.07, 6.45) is 5.11. The van der Waals surface area contributed by atoms with Crippen molar-refractivity contribution in [2.24, 2.45) is 5.73 Å². The van der Waals surface area contributed by atoms with Crippen molar-refractivity contribution < 1.29 is 62.6 Å². The summed E-state index contributed by atoms with van der Waals surface area (Å²) in [4.78, 5) is 87.9. The maximum absolute atomic E-state index is 15.1. The molecule has 3 aliphatic rings. The topological polar surface area (TPSA) is 285 Å². The lowest BCUT2D eigenvalue weighted by Crippen LogP contribution is -2.50. The number of imidazole rings is 1. The predicted molar refractivity (Wildman–Crippen MR) is 333 cm³/mol. The minimum absolute atomic E-state index is 0.00180. The van der Waals surface area contributed by atoms with Gasteiger partial charge in [-0.3, -0.25) is 43.6 Å². The molecule has 0 aliphatic carbocycles. The van der Waals surface area contributed by atoms with Gasteiger partial charge in [0, 0.05) is 116 Å². The SMILES string of the molecule is CCc1ccc2nc(-c3c(N4CCN(C(=O)CCOC(C)(C)CCOC(C)(S)COCCOCCNC(=O)CN5CCN(CC(=O)O)CCN(CC(=O)O)CCN(CC(=O)O)CC5)CC4)ncc(-c4cc(C)cc(F)c4)c3N3CCC(N)CC3)[nH]c2c1. The van der Waals surface area contributed by atoms with Crippen LogP contribution < -0.4 is 20.9 Å². The van der Waals surface area contributed by atoms with Crippen LogP contribution in [0, 0.1) is 12.7 Å². The summed E-state index contributed by atoms with van der Waals surface area (Å²) in [5.41, 5.74) is 12.9. The zero-order valence-corrected chi connectivity index (χ0v) is 52.2. The number of anilines is 2. The van der Waals surface area contributed by atoms with E-state index in [2.05, 4.69) is 51.8 Å². The highest BCUT2D eigenvalue weighted by Crippen LogP contribution is 2.45. The van der Waals surface area contributed by atoms with Crippen molar-refractivity contribution >= 4 is 64.9 Å². The first-order chi connectivity index (χ1) is 41.5. The molecular formula is C61H91FN12O12S. The lowest BCUT2D eigenvalue weighted by atomic mass is 9.96. The molecule has 0 bridgehead atoms. The van der Waals surface area contributed by atoms with Gasteiger partial charge in [-0.25, -0.2) is 14.4 Å². The number of carboxylic acid groups (broad SMARTS) is 3. The van der Waals surface area contributed by atoms with Gasteiger partial charge >= 0.3 is 17.9 Å². The van der Waals surface area contributed by atoms with Gasteiger partial charge in [0.25, 0.3) is 0 Å². The molecule has 3 aliphatic heterocycles. The molecule has 2 amide bonds. The Morgan fingerprint density at radius 1 is 0.736 bits per heavy atom. The number of fused-ring (bicyclic) bond motifs is 1. The van der Waals surface area contributed by atoms with E-state index in [0.717, 1.165) is 77.1 Å². The zero-order valence-electron chi connectivity index (χ0n) is 51.3. The van der Waals surface area contributed by atoms with E-state index in [4.69, 9.17) is 34.6 Å². The monoisotopic (exact) mass is 1230 g/mol. The van der Waals surface area contributed by atoms with E-state index in [0.29, 0.717) is 71.2 Å². The van der Waals surface area contributed by atoms with Crippen LogP contribution in [0.15, 0.2) is 42.6 Å². The molecule has 1 atom stereocenters. The van der Waals surface area contributed by atoms with Crippen LogP contribution in [0.1, 0.15) is 64.5 Å². The van der Waals surface area contributed by atoms with E-state index in [1.165, 1.54) is 11.6 Å². The van der Waals surface area contributed by atoms with Gasteiger partial charge in [0.2, 0.25) is 11.8 Å². The number of aromatic amines is 1. The third kappa shape index (κ3) is 21.9. The number of aryl methyl sites for hydroxylation is 2. The molecule has 4 aromatic rings. The molecule has 1 unspecified atom stereocenters. The number of hydrogen-bond acceptors (Lipinski definition) is 19. The number of aromatic nitrogens is 3. The van der Waals surface area contributed by atoms with Crippen LogP contribution in [0.3, 0.4) is 0 Å². The number of carbonyl (C=O) groups is 5. The van der Waals surface area contributed by atoms with Crippen molar-refractivity contribution in [2.45, 2.75) is 83.3 Å². The van der Waals surface area contributed by atoms with Crippen LogP contribution >= 0.6 is 12.6 Å². The summed E-state index contributed by atoms with van der Waals surface area (Å²) in [5, 5.41) is 31.3. The number of ether oxygens (including phenoxy) is 4. The lowest BCUT2D eigenvalue weighted by Gasteiger charge is -2.39. The number of halogens is 1. The first-order valence-electron chi connectivity index (χ1n) is 30.3. The van der Waals surface area contributed by atoms with Crippen LogP contribution in [0.25, 0.3) is 33.5 Å². The number of thiol groups is 1. The molecule has 3 saturated heterocycles. The molecular weight excluding hydrogens is 1140 g/mol. The zero-order chi connectivity index (χ0) is 62.7. The Balaban J connectivity index is 0.820. The molecule has 2 aromatic carbocycles. The summed E-state index contributed by atoms with van der Waals surface area (Å²) < 4.78 is 39.0. The highest BCUT2D eigenvalue weighted by molar-refractivity contribution is 7.81. The molecule has 87 heavy (non-hydrogen) atoms. The standard InChI is InChI=1S/C61H91FN12O12S/c1-6-44-7-8-49-50(35-44)67-58(66-49)56-57(73-14-9-47(63)10-15-73)48(45-33-43(2)34-46(62)36-45)37-65-59(56)74-26-24-72(25-27-74)52(76)11-28-85-60(3,4)12-29-86-61(5,87)42-84-32-31-83-30-13-64-51(75)38-68-16-18-69(39-53(77)78)20-22-71(41-55(81)82)23-21-70(19-17-68)40-54(79)80/h7-8,33-37,47,87H,6,9-32,38-42,63H2,1-5H3,(H,64,75)(H,66,67)(H,77,78)(H,79,80)(H,81,82). The largest absolute Gasteiger partial charge is 0.480 e. The van der Waals surface area contributed by atoms with Gasteiger partial charge < -0.3 is 65.0 Å². The molecule has 2 aromatic heterocycles. The summed E-state index contributed by atoms with van der Waals surface area (Å²) in [6, 6.07) is 11.5. The average Bonchev–Trinajstić information content (AvgIpc) is 1.80. The van der Waals surface area contributed by atoms with E-state index in [9.17, 15) is 39.3 Å². The molecule has 26 heteroatoms. The third-order valence-electron chi connectivity index (χ3n) is 16.0. The predicted octanol–water partition coefficient (Wildman–Crippen LogP) is 3.74. The fraction of sp³-hybridized carbons (Fsp3) is 0.623. The Kier molecular flexibility index (Phi) is 25.9. The highest BCUT2D eigenvalue weighted by Gasteiger charge is 2.33. The number of carbonyl (C=O) groups excluding carboxylic acids is 2. The third-order valence-corrected chi connectivity index (χ3v) is 16.2. The maximum atomic E-state index is 15.1. The Labute approximate surface area is 515 Å². The van der Waals surface area contributed by atoms with Crippen LogP contribution in [0.4, 0.5) is 15.9 Å². The van der Waals surface area contributed by atoms with Crippen molar-refractivity contribution in [3.63, 3.8) is 0 Å². The van der Waals surface area contributed by atoms with Crippen molar-refractivity contribution in [2.75, 3.05) is 174 Å². The van der Waals surface area contributed by atoms with E-state index in [1.54, 1.807) is 20.8 Å². The Hall–Kier alpha value is -6.07. The van der Waals surface area contributed by atoms with Gasteiger partial charge in [-0.05, 0) is 94.3 Å². The van der Waals surface area contributed by atoms with E-state index in [1.807, 2.05) is 55.8 Å². The van der Waals surface area contributed by atoms with Gasteiger partial charge in [-0.2, -0.15) is 0 Å². The number of benzene rings is 2. The summed E-state index contributed by atoms with van der Waals surface area (Å²) in [6.45, 7) is 16.6. The smallest absolute Gasteiger partial charge is 0.317 e. The first-order valence-corrected chi connectivity index (χ1v) is 30.8. The minimum atomic E-state index is -1.03. The molecule has 0 radical (unpaired) electrons. The average molecular weight is 1240 g/mol. The van der Waals surface area contributed by atoms with E-state index in [-0.39, 0.29) is 122 Å². The number of amides is 2. The lowest BCUT2D eigenvalue weighted by molar-refractivity contribution is -0.140. The fourth-order valence-corrected chi connectivity index (χ4v) is 11.2. The second kappa shape index (κ2) is 33.0. The fourth-order valence-electron chi connectivity index (χ4n) is 11.1. The summed E-state index contributed by atoms with van der Waals surface area (Å²) >= 11 is 4.68. The van der Waals surface area contributed by atoms with Crippen molar-refractivity contribution in [3.05, 3.63) is 59.5 Å². The van der Waals surface area contributed by atoms with Crippen LogP contribution in [0.5, 0.6) is 0 Å². The number of aliphatic carboxylic acids is 3. The number of rotatable bonds is 29. The quantitative estimate of drug-likeness (QED) is 0.0232. The molecule has 3 fully saturated rings. The molecule has 0 spiro atoms. The second-order valence-corrected chi connectivity index (χ2v) is 24.6. The van der Waals surface area contributed by atoms with Gasteiger partial charge in [-0.15, -0.1) is 12.6 Å². The molecule has 0 saturated carbocycles. The minimum Gasteiger partial charge on any atom is -0.480 e. The molecule has 5 heterocycles. The number of piperazine rings is 1. The molecule has 7 N–H and O–H groups in total. The number of pyridine rings is 1. The highest BCUT2D eigenvalue weighted by atomic mass is 32.1. The van der Waals surface area contributed by atoms with Gasteiger partial charge in [0.05, 0.1) is 100 Å². The van der Waals surface area contributed by atoms with Crippen LogP contribution in [0.2, 0.25) is 0 Å². The Morgan fingerprint density at radius 3 is 1.92 bits per heavy atom. The first kappa shape index (κ1) is 68.4. The number of hydrogen-bond donors (Lipinski definition) is 7. The molecule has 24 nitrogen and oxygen atoms in total. The van der Waals surface area contributed by atoms with Crippen molar-refractivity contribution in [1.82, 2.24) is 44.8 Å². The Morgan fingerprint density at radius 2 is 1.33 bits per heavy atom. The normalized spacial score (nSPS) is 17.7. The number of nitrogens with two attached hydrogens (primary N) is 1. The number of H-pyrrole nitrogens is 1. The van der Waals surface area contributed by atoms with Gasteiger partial charge in [0.1, 0.15) is 22.4 Å². The second-order valence-electron chi connectivity index (χ2n) is 23.7. The van der Waals surface area contributed by atoms with Crippen LogP contribution in [-0.2, 0) is 49.3 Å². The number of nitrogens with one attached hydrogen (secondary N) is 2. The summed E-state index contributed by atoms with van der Waals surface area (Å²) in [5.74, 6) is -2.23. The maximum Gasteiger partial charge on any atom is 0.317 e. The van der Waals surface area contributed by atoms with Gasteiger partial charge in [0.15, 0.2) is 0 Å². The Bertz CT molecular complexity index is 2870. The number of piperidine rings is 1. The number of carboxylic acids is 3.